The minimum absolute atomic E-state index is 0.0388. The molecule has 4 nitrogen and oxygen atoms in total. The summed E-state index contributed by atoms with van der Waals surface area (Å²) in [4.78, 5) is 21.3. The van der Waals surface area contributed by atoms with Crippen molar-refractivity contribution in [3.05, 3.63) is 23.8 Å². The molecule has 4 fully saturated rings. The standard InChI is InChI=1S/C21H31N3O/c1-20(2,3)19-17(11-22-13-24-19)12-23-18(25)10-21-7-14-4-15(8-21)6-16(5-14)9-21/h11,13-16H,4-10,12H2,1-3H3,(H,23,25). The third kappa shape index (κ3) is 3.45. The van der Waals surface area contributed by atoms with Crippen LogP contribution in [-0.2, 0) is 16.8 Å². The highest BCUT2D eigenvalue weighted by Gasteiger charge is 2.51. The van der Waals surface area contributed by atoms with Gasteiger partial charge in [-0.25, -0.2) is 9.97 Å². The first-order valence-electron chi connectivity index (χ1n) is 9.89. The summed E-state index contributed by atoms with van der Waals surface area (Å²) in [5.74, 6) is 2.91. The summed E-state index contributed by atoms with van der Waals surface area (Å²) < 4.78 is 0. The molecule has 25 heavy (non-hydrogen) atoms. The number of rotatable bonds is 4. The number of carbonyl (C=O) groups excluding carboxylic acids is 1. The maximum atomic E-state index is 12.7. The van der Waals surface area contributed by atoms with Crippen LogP contribution in [0, 0.1) is 23.2 Å². The molecule has 4 bridgehead atoms. The van der Waals surface area contributed by atoms with Crippen LogP contribution < -0.4 is 5.32 Å². The highest BCUT2D eigenvalue weighted by atomic mass is 16.1. The van der Waals surface area contributed by atoms with Gasteiger partial charge in [-0.2, -0.15) is 0 Å². The summed E-state index contributed by atoms with van der Waals surface area (Å²) in [5.41, 5.74) is 2.33. The maximum absolute atomic E-state index is 12.7. The van der Waals surface area contributed by atoms with E-state index in [4.69, 9.17) is 0 Å². The van der Waals surface area contributed by atoms with Crippen molar-refractivity contribution in [1.82, 2.24) is 15.3 Å². The zero-order chi connectivity index (χ0) is 17.7. The van der Waals surface area contributed by atoms with Gasteiger partial charge >= 0.3 is 0 Å². The summed E-state index contributed by atoms with van der Waals surface area (Å²) in [6.07, 6.45) is 12.3. The van der Waals surface area contributed by atoms with Crippen molar-refractivity contribution in [3.8, 4) is 0 Å². The maximum Gasteiger partial charge on any atom is 0.220 e. The predicted molar refractivity (Wildman–Crippen MR) is 97.8 cm³/mol. The Morgan fingerprint density at radius 3 is 2.32 bits per heavy atom. The van der Waals surface area contributed by atoms with E-state index in [0.29, 0.717) is 12.0 Å². The second-order valence-electron chi connectivity index (χ2n) is 10.0. The topological polar surface area (TPSA) is 54.9 Å². The van der Waals surface area contributed by atoms with Crippen molar-refractivity contribution in [2.75, 3.05) is 0 Å². The third-order valence-electron chi connectivity index (χ3n) is 6.68. The largest absolute Gasteiger partial charge is 0.352 e. The molecule has 0 aliphatic heterocycles. The average Bonchev–Trinajstić information content (AvgIpc) is 2.50. The van der Waals surface area contributed by atoms with Gasteiger partial charge in [-0.1, -0.05) is 20.8 Å². The van der Waals surface area contributed by atoms with Gasteiger partial charge in [-0.05, 0) is 61.7 Å². The van der Waals surface area contributed by atoms with Crippen molar-refractivity contribution in [2.24, 2.45) is 23.2 Å². The minimum atomic E-state index is -0.0388. The Morgan fingerprint density at radius 2 is 1.76 bits per heavy atom. The van der Waals surface area contributed by atoms with Crippen LogP contribution in [0.15, 0.2) is 12.5 Å². The normalized spacial score (nSPS) is 33.5. The molecule has 1 aromatic rings. The minimum Gasteiger partial charge on any atom is -0.352 e. The third-order valence-corrected chi connectivity index (χ3v) is 6.68. The molecule has 4 aliphatic carbocycles. The van der Waals surface area contributed by atoms with E-state index in [0.717, 1.165) is 35.4 Å². The zero-order valence-corrected chi connectivity index (χ0v) is 15.8. The number of hydrogen-bond acceptors (Lipinski definition) is 3. The Kier molecular flexibility index (Phi) is 4.12. The molecule has 1 amide bonds. The fourth-order valence-corrected chi connectivity index (χ4v) is 6.27. The van der Waals surface area contributed by atoms with Crippen LogP contribution in [0.2, 0.25) is 0 Å². The van der Waals surface area contributed by atoms with Gasteiger partial charge in [0, 0.05) is 30.1 Å². The van der Waals surface area contributed by atoms with Gasteiger partial charge < -0.3 is 5.32 Å². The highest BCUT2D eigenvalue weighted by molar-refractivity contribution is 5.76. The molecule has 5 rings (SSSR count). The monoisotopic (exact) mass is 341 g/mol. The lowest BCUT2D eigenvalue weighted by Crippen LogP contribution is -2.48. The van der Waals surface area contributed by atoms with Gasteiger partial charge in [-0.15, -0.1) is 0 Å². The first-order valence-corrected chi connectivity index (χ1v) is 9.89. The predicted octanol–water partition coefficient (Wildman–Crippen LogP) is 4.00. The second kappa shape index (κ2) is 6.07. The van der Waals surface area contributed by atoms with E-state index in [-0.39, 0.29) is 11.3 Å². The summed E-state index contributed by atoms with van der Waals surface area (Å²) >= 11 is 0. The van der Waals surface area contributed by atoms with E-state index in [1.807, 2.05) is 6.20 Å². The molecule has 1 heterocycles. The van der Waals surface area contributed by atoms with Gasteiger partial charge in [0.15, 0.2) is 0 Å². The van der Waals surface area contributed by atoms with Crippen LogP contribution >= 0.6 is 0 Å². The van der Waals surface area contributed by atoms with Crippen molar-refractivity contribution in [1.29, 1.82) is 0 Å². The molecule has 0 spiro atoms. The van der Waals surface area contributed by atoms with E-state index in [1.165, 1.54) is 38.5 Å². The van der Waals surface area contributed by atoms with Crippen molar-refractivity contribution in [3.63, 3.8) is 0 Å². The molecular weight excluding hydrogens is 310 g/mol. The fourth-order valence-electron chi connectivity index (χ4n) is 6.27. The Morgan fingerprint density at radius 1 is 1.16 bits per heavy atom. The molecule has 0 atom stereocenters. The van der Waals surface area contributed by atoms with E-state index >= 15 is 0 Å². The first-order chi connectivity index (χ1) is 11.8. The van der Waals surface area contributed by atoms with Crippen molar-refractivity contribution >= 4 is 5.91 Å². The number of aromatic nitrogens is 2. The molecule has 1 N–H and O–H groups in total. The number of nitrogens with one attached hydrogen (secondary N) is 1. The first kappa shape index (κ1) is 17.0. The molecule has 136 valence electrons. The van der Waals surface area contributed by atoms with Crippen LogP contribution in [0.4, 0.5) is 0 Å². The van der Waals surface area contributed by atoms with Gasteiger partial charge in [0.05, 0.1) is 5.69 Å². The number of nitrogens with zero attached hydrogens (tertiary/aromatic N) is 2. The second-order valence-corrected chi connectivity index (χ2v) is 10.0. The van der Waals surface area contributed by atoms with Gasteiger partial charge in [0.25, 0.3) is 0 Å². The fraction of sp³-hybridized carbons (Fsp3) is 0.762. The number of amides is 1. The molecule has 1 aromatic heterocycles. The Labute approximate surface area is 151 Å². The SMILES string of the molecule is CC(C)(C)c1ncncc1CNC(=O)CC12CC3CC(CC(C3)C1)C2. The lowest BCUT2D eigenvalue weighted by atomic mass is 9.49. The Balaban J connectivity index is 1.39. The Bertz CT molecular complexity index is 626. The molecule has 0 saturated heterocycles. The lowest BCUT2D eigenvalue weighted by molar-refractivity contribution is -0.129. The molecule has 0 unspecified atom stereocenters. The molecule has 4 saturated carbocycles. The van der Waals surface area contributed by atoms with Crippen LogP contribution in [0.25, 0.3) is 0 Å². The Hall–Kier alpha value is -1.45. The molecule has 4 heteroatoms. The highest BCUT2D eigenvalue weighted by Crippen LogP contribution is 2.61. The van der Waals surface area contributed by atoms with E-state index < -0.39 is 0 Å². The number of hydrogen-bond donors (Lipinski definition) is 1. The van der Waals surface area contributed by atoms with Crippen molar-refractivity contribution < 1.29 is 4.79 Å². The van der Waals surface area contributed by atoms with Crippen molar-refractivity contribution in [2.45, 2.75) is 77.7 Å². The van der Waals surface area contributed by atoms with Crippen LogP contribution in [-0.4, -0.2) is 15.9 Å². The summed E-state index contributed by atoms with van der Waals surface area (Å²) in [7, 11) is 0. The number of carbonyl (C=O) groups is 1. The molecule has 4 aliphatic rings. The average molecular weight is 341 g/mol. The van der Waals surface area contributed by atoms with Crippen LogP contribution in [0.3, 0.4) is 0 Å². The van der Waals surface area contributed by atoms with Gasteiger partial charge in [-0.3, -0.25) is 4.79 Å². The van der Waals surface area contributed by atoms with E-state index in [9.17, 15) is 4.79 Å². The smallest absolute Gasteiger partial charge is 0.220 e. The van der Waals surface area contributed by atoms with Gasteiger partial charge in [0.2, 0.25) is 5.91 Å². The summed E-state index contributed by atoms with van der Waals surface area (Å²) in [6.45, 7) is 6.99. The van der Waals surface area contributed by atoms with E-state index in [1.54, 1.807) is 6.33 Å². The summed E-state index contributed by atoms with van der Waals surface area (Å²) in [5, 5.41) is 3.17. The van der Waals surface area contributed by atoms with Gasteiger partial charge in [0.1, 0.15) is 6.33 Å². The van der Waals surface area contributed by atoms with E-state index in [2.05, 4.69) is 36.1 Å². The van der Waals surface area contributed by atoms with Crippen LogP contribution in [0.1, 0.15) is 77.0 Å². The van der Waals surface area contributed by atoms with Crippen LogP contribution in [0.5, 0.6) is 0 Å². The summed E-state index contributed by atoms with van der Waals surface area (Å²) in [6, 6.07) is 0. The molecule has 0 aromatic carbocycles. The lowest BCUT2D eigenvalue weighted by Gasteiger charge is -2.56. The zero-order valence-electron chi connectivity index (χ0n) is 15.8. The molecule has 0 radical (unpaired) electrons. The quantitative estimate of drug-likeness (QED) is 0.900. The molecular formula is C21H31N3O.